The van der Waals surface area contributed by atoms with Crippen LogP contribution in [0.5, 0.6) is 0 Å². The molecule has 0 aliphatic carbocycles. The van der Waals surface area contributed by atoms with Crippen molar-refractivity contribution in [1.82, 2.24) is 0 Å². The van der Waals surface area contributed by atoms with Gasteiger partial charge in [0.05, 0.1) is 0 Å². The van der Waals surface area contributed by atoms with E-state index < -0.39 is 0 Å². The zero-order chi connectivity index (χ0) is 26.0. The summed E-state index contributed by atoms with van der Waals surface area (Å²) in [5.74, 6) is 3.48. The Kier molecular flexibility index (Phi) is 6.04. The summed E-state index contributed by atoms with van der Waals surface area (Å²) in [6.07, 6.45) is 0. The summed E-state index contributed by atoms with van der Waals surface area (Å²) in [4.78, 5) is 2.30. The van der Waals surface area contributed by atoms with Gasteiger partial charge in [-0.15, -0.1) is 11.3 Å². The maximum atomic E-state index is 6.50. The van der Waals surface area contributed by atoms with Gasteiger partial charge < -0.3 is 8.83 Å². The Morgan fingerprint density at radius 2 is 0.692 bits per heavy atom. The zero-order valence-corrected chi connectivity index (χ0v) is 21.9. The van der Waals surface area contributed by atoms with Crippen molar-refractivity contribution in [1.29, 1.82) is 0 Å². The average molecular weight is 521 g/mol. The van der Waals surface area contributed by atoms with Crippen LogP contribution < -0.4 is 0 Å². The van der Waals surface area contributed by atoms with Gasteiger partial charge >= 0.3 is 0 Å². The molecule has 0 atom stereocenters. The minimum atomic E-state index is 0.860. The first-order valence-electron chi connectivity index (χ1n) is 12.9. The third-order valence-corrected chi connectivity index (χ3v) is 7.94. The van der Waals surface area contributed by atoms with Crippen LogP contribution in [0.4, 0.5) is 0 Å². The molecule has 2 nitrogen and oxygen atoms in total. The van der Waals surface area contributed by atoms with Gasteiger partial charge in [-0.1, -0.05) is 121 Å². The molecule has 0 radical (unpaired) electrons. The standard InChI is InChI=1S/C36H24O2S/c1-5-13-25(14-6-1)31-23-29(35(37-31)27-17-9-3-10-18-27)33-21-22-34(39-33)30-24-32(26-15-7-2-8-16-26)38-36(30)28-19-11-4-12-20-28/h1-24H. The van der Waals surface area contributed by atoms with Gasteiger partial charge in [0.2, 0.25) is 0 Å². The lowest BCUT2D eigenvalue weighted by atomic mass is 10.1. The number of thiophene rings is 1. The van der Waals surface area contributed by atoms with Crippen LogP contribution in [0.2, 0.25) is 0 Å². The zero-order valence-electron chi connectivity index (χ0n) is 21.1. The summed E-state index contributed by atoms with van der Waals surface area (Å²) in [6.45, 7) is 0. The summed E-state index contributed by atoms with van der Waals surface area (Å²) in [5, 5.41) is 0. The van der Waals surface area contributed by atoms with Crippen LogP contribution in [0.25, 0.3) is 66.2 Å². The third kappa shape index (κ3) is 4.54. The lowest BCUT2D eigenvalue weighted by Gasteiger charge is -2.02. The molecule has 3 heteroatoms. The predicted molar refractivity (Wildman–Crippen MR) is 161 cm³/mol. The van der Waals surface area contributed by atoms with E-state index in [-0.39, 0.29) is 0 Å². The Morgan fingerprint density at radius 3 is 1.05 bits per heavy atom. The molecule has 0 aliphatic rings. The molecule has 7 aromatic rings. The Labute approximate surface area is 231 Å². The minimum Gasteiger partial charge on any atom is -0.455 e. The summed E-state index contributed by atoms with van der Waals surface area (Å²) in [7, 11) is 0. The molecule has 0 bridgehead atoms. The van der Waals surface area contributed by atoms with Crippen molar-refractivity contribution in [2.75, 3.05) is 0 Å². The van der Waals surface area contributed by atoms with Crippen molar-refractivity contribution in [3.05, 3.63) is 146 Å². The number of benzene rings is 4. The molecule has 39 heavy (non-hydrogen) atoms. The normalized spacial score (nSPS) is 11.1. The van der Waals surface area contributed by atoms with Gasteiger partial charge in [0, 0.05) is 43.1 Å². The highest BCUT2D eigenvalue weighted by atomic mass is 32.1. The molecule has 0 fully saturated rings. The van der Waals surface area contributed by atoms with E-state index in [1.54, 1.807) is 11.3 Å². The van der Waals surface area contributed by atoms with Gasteiger partial charge in [0.15, 0.2) is 0 Å². The van der Waals surface area contributed by atoms with Gasteiger partial charge in [-0.05, 0) is 24.3 Å². The lowest BCUT2D eigenvalue weighted by molar-refractivity contribution is 0.598. The van der Waals surface area contributed by atoms with Crippen molar-refractivity contribution in [2.45, 2.75) is 0 Å². The van der Waals surface area contributed by atoms with Crippen LogP contribution in [-0.2, 0) is 0 Å². The van der Waals surface area contributed by atoms with Gasteiger partial charge in [0.1, 0.15) is 23.0 Å². The van der Waals surface area contributed by atoms with Crippen molar-refractivity contribution in [3.63, 3.8) is 0 Å². The fourth-order valence-corrected chi connectivity index (χ4v) is 5.91. The smallest absolute Gasteiger partial charge is 0.143 e. The van der Waals surface area contributed by atoms with Crippen LogP contribution in [0.15, 0.2) is 154 Å². The SMILES string of the molecule is c1ccc(-c2cc(-c3ccc(-c4cc(-c5ccccc5)oc4-c4ccccc4)s3)c(-c3ccccc3)o2)cc1. The second-order valence-corrected chi connectivity index (χ2v) is 10.4. The van der Waals surface area contributed by atoms with Crippen molar-refractivity contribution in [2.24, 2.45) is 0 Å². The van der Waals surface area contributed by atoms with Crippen molar-refractivity contribution < 1.29 is 8.83 Å². The Bertz CT molecular complexity index is 1690. The van der Waals surface area contributed by atoms with E-state index in [0.29, 0.717) is 0 Å². The van der Waals surface area contributed by atoms with E-state index >= 15 is 0 Å². The van der Waals surface area contributed by atoms with Crippen molar-refractivity contribution in [3.8, 4) is 66.2 Å². The number of rotatable bonds is 6. The molecule has 7 rings (SSSR count). The molecular weight excluding hydrogens is 496 g/mol. The van der Waals surface area contributed by atoms with E-state index in [1.807, 2.05) is 72.8 Å². The topological polar surface area (TPSA) is 26.3 Å². The minimum absolute atomic E-state index is 0.860. The first kappa shape index (κ1) is 23.3. The molecule has 186 valence electrons. The highest BCUT2D eigenvalue weighted by Gasteiger charge is 2.21. The predicted octanol–water partition coefficient (Wildman–Crippen LogP) is 10.9. The van der Waals surface area contributed by atoms with Gasteiger partial charge in [-0.3, -0.25) is 0 Å². The van der Waals surface area contributed by atoms with E-state index in [9.17, 15) is 0 Å². The Balaban J connectivity index is 1.36. The molecule has 0 saturated carbocycles. The van der Waals surface area contributed by atoms with E-state index in [0.717, 1.165) is 66.2 Å². The van der Waals surface area contributed by atoms with Crippen LogP contribution in [-0.4, -0.2) is 0 Å². The molecule has 0 spiro atoms. The molecular formula is C36H24O2S. The maximum absolute atomic E-state index is 6.50. The molecule has 0 saturated heterocycles. The van der Waals surface area contributed by atoms with Crippen LogP contribution in [0.1, 0.15) is 0 Å². The molecule has 0 amide bonds. The molecule has 0 N–H and O–H groups in total. The second-order valence-electron chi connectivity index (χ2n) is 9.33. The Morgan fingerprint density at radius 1 is 0.359 bits per heavy atom. The monoisotopic (exact) mass is 520 g/mol. The molecule has 0 aliphatic heterocycles. The second kappa shape index (κ2) is 10.1. The fourth-order valence-electron chi connectivity index (χ4n) is 4.87. The molecule has 3 aromatic heterocycles. The summed E-state index contributed by atoms with van der Waals surface area (Å²) in [5.41, 5.74) is 6.42. The summed E-state index contributed by atoms with van der Waals surface area (Å²) < 4.78 is 13.0. The first-order chi connectivity index (χ1) is 19.3. The highest BCUT2D eigenvalue weighted by molar-refractivity contribution is 7.19. The van der Waals surface area contributed by atoms with Crippen molar-refractivity contribution >= 4 is 11.3 Å². The lowest BCUT2D eigenvalue weighted by Crippen LogP contribution is -1.76. The number of hydrogen-bond acceptors (Lipinski definition) is 3. The summed E-state index contributed by atoms with van der Waals surface area (Å²) >= 11 is 1.75. The average Bonchev–Trinajstić information content (AvgIpc) is 3.77. The van der Waals surface area contributed by atoms with Gasteiger partial charge in [-0.2, -0.15) is 0 Å². The van der Waals surface area contributed by atoms with E-state index in [2.05, 4.69) is 72.8 Å². The fraction of sp³-hybridized carbons (Fsp3) is 0. The molecule has 3 heterocycles. The maximum Gasteiger partial charge on any atom is 0.143 e. The van der Waals surface area contributed by atoms with Crippen LogP contribution in [0.3, 0.4) is 0 Å². The highest BCUT2D eigenvalue weighted by Crippen LogP contribution is 2.46. The van der Waals surface area contributed by atoms with E-state index in [4.69, 9.17) is 8.83 Å². The Hall–Kier alpha value is -4.86. The number of furan rings is 2. The van der Waals surface area contributed by atoms with Crippen LogP contribution >= 0.6 is 11.3 Å². The van der Waals surface area contributed by atoms with E-state index in [1.165, 1.54) is 0 Å². The number of hydrogen-bond donors (Lipinski definition) is 0. The quantitative estimate of drug-likeness (QED) is 0.218. The summed E-state index contributed by atoms with van der Waals surface area (Å²) in [6, 6.07) is 49.9. The molecule has 0 unspecified atom stereocenters. The largest absolute Gasteiger partial charge is 0.455 e. The van der Waals surface area contributed by atoms with Gasteiger partial charge in [-0.25, -0.2) is 0 Å². The third-order valence-electron chi connectivity index (χ3n) is 6.79. The van der Waals surface area contributed by atoms with Crippen LogP contribution in [0, 0.1) is 0 Å². The first-order valence-corrected chi connectivity index (χ1v) is 13.7. The molecule has 4 aromatic carbocycles. The van der Waals surface area contributed by atoms with Gasteiger partial charge in [0.25, 0.3) is 0 Å².